The number of anilines is 1. The Balaban J connectivity index is 1.04. The Morgan fingerprint density at radius 2 is 1.72 bits per heavy atom. The summed E-state index contributed by atoms with van der Waals surface area (Å²) in [5.74, 6) is -1.56. The fourth-order valence-corrected chi connectivity index (χ4v) is 5.50. The zero-order chi connectivity index (χ0) is 26.9. The van der Waals surface area contributed by atoms with Crippen LogP contribution in [0.25, 0.3) is 11.1 Å². The van der Waals surface area contributed by atoms with Gasteiger partial charge in [-0.15, -0.1) is 0 Å². The van der Waals surface area contributed by atoms with E-state index in [1.807, 2.05) is 24.3 Å². The number of ether oxygens (including phenoxy) is 2. The molecule has 2 saturated heterocycles. The molecule has 8 heteroatoms. The van der Waals surface area contributed by atoms with Crippen LogP contribution in [0.15, 0.2) is 66.7 Å². The van der Waals surface area contributed by atoms with E-state index in [1.54, 1.807) is 6.07 Å². The average molecular weight is 525 g/mol. The number of esters is 1. The van der Waals surface area contributed by atoms with Gasteiger partial charge in [-0.2, -0.15) is 0 Å². The number of rotatable bonds is 8. The van der Waals surface area contributed by atoms with Crippen LogP contribution in [0.3, 0.4) is 0 Å². The molecule has 1 aliphatic carbocycles. The molecule has 3 aromatic carbocycles. The molecule has 0 radical (unpaired) electrons. The highest BCUT2D eigenvalue weighted by atomic mass is 16.5. The van der Waals surface area contributed by atoms with Crippen molar-refractivity contribution in [3.63, 3.8) is 0 Å². The first-order chi connectivity index (χ1) is 19.0. The van der Waals surface area contributed by atoms with Crippen molar-refractivity contribution in [2.75, 3.05) is 24.7 Å². The van der Waals surface area contributed by atoms with E-state index in [9.17, 15) is 19.2 Å². The highest BCUT2D eigenvalue weighted by molar-refractivity contribution is 6.22. The van der Waals surface area contributed by atoms with Crippen molar-refractivity contribution in [2.24, 2.45) is 0 Å². The lowest BCUT2D eigenvalue weighted by Gasteiger charge is -2.17. The maximum atomic E-state index is 12.9. The molecule has 39 heavy (non-hydrogen) atoms. The molecule has 1 N–H and O–H groups in total. The van der Waals surface area contributed by atoms with E-state index in [0.29, 0.717) is 17.8 Å². The Hall–Kier alpha value is -4.14. The van der Waals surface area contributed by atoms with Crippen LogP contribution in [0.4, 0.5) is 5.69 Å². The van der Waals surface area contributed by atoms with Crippen molar-refractivity contribution >= 4 is 29.3 Å². The summed E-state index contributed by atoms with van der Waals surface area (Å²) in [6.45, 7) is 0.871. The van der Waals surface area contributed by atoms with Gasteiger partial charge in [0.25, 0.3) is 5.91 Å². The number of Topliss-reactive ketones (excluding diaryl/α,β-unsaturated/α-hetero) is 1. The summed E-state index contributed by atoms with van der Waals surface area (Å²) in [6.07, 6.45) is 2.86. The fourth-order valence-electron chi connectivity index (χ4n) is 5.50. The van der Waals surface area contributed by atoms with Crippen molar-refractivity contribution in [3.05, 3.63) is 89.0 Å². The number of carbonyl (C=O) groups is 4. The number of hydrogen-bond donors (Lipinski definition) is 1. The number of nitrogens with one attached hydrogen (secondary N) is 1. The first-order valence-corrected chi connectivity index (χ1v) is 13.2. The van der Waals surface area contributed by atoms with Gasteiger partial charge in [0.1, 0.15) is 0 Å². The zero-order valence-corrected chi connectivity index (χ0v) is 21.4. The molecule has 2 fully saturated rings. The third-order valence-corrected chi connectivity index (χ3v) is 7.57. The van der Waals surface area contributed by atoms with Crippen LogP contribution >= 0.6 is 0 Å². The Bertz CT molecular complexity index is 1460. The Kier molecular flexibility index (Phi) is 6.81. The lowest BCUT2D eigenvalue weighted by atomic mass is 10.0. The minimum Gasteiger partial charge on any atom is -0.454 e. The number of fused-ring (bicyclic) bond motifs is 3. The van der Waals surface area contributed by atoms with Crippen molar-refractivity contribution in [2.45, 2.75) is 37.8 Å². The molecule has 2 aliphatic heterocycles. The van der Waals surface area contributed by atoms with Crippen molar-refractivity contribution in [3.8, 4) is 11.1 Å². The second-order valence-corrected chi connectivity index (χ2v) is 10.1. The number of imide groups is 1. The fraction of sp³-hybridized carbons (Fsp3) is 0.290. The van der Waals surface area contributed by atoms with E-state index in [1.165, 1.54) is 35.4 Å². The molecule has 0 saturated carbocycles. The molecule has 0 bridgehead atoms. The third kappa shape index (κ3) is 5.01. The minimum absolute atomic E-state index is 0.0685. The van der Waals surface area contributed by atoms with E-state index in [4.69, 9.17) is 9.47 Å². The van der Waals surface area contributed by atoms with Gasteiger partial charge in [0.05, 0.1) is 29.8 Å². The van der Waals surface area contributed by atoms with E-state index in [2.05, 4.69) is 17.4 Å². The lowest BCUT2D eigenvalue weighted by Crippen LogP contribution is -2.41. The molecular formula is C31H28N2O6. The van der Waals surface area contributed by atoms with Gasteiger partial charge in [-0.05, 0) is 71.8 Å². The summed E-state index contributed by atoms with van der Waals surface area (Å²) in [5.41, 5.74) is 5.73. The standard InChI is InChI=1S/C31H28N2O6/c34-28(21-9-12-26-22(15-21)14-20-4-1-2-6-25(20)26)18-39-31(37)19-7-10-23(11-8-19)33-29(35)16-27(30(33)36)32-17-24-5-3-13-38-24/h1-2,4,6-12,15,24,27,32H,3,5,13-14,16-18H2. The van der Waals surface area contributed by atoms with Crippen LogP contribution in [-0.4, -0.2) is 55.5 Å². The van der Waals surface area contributed by atoms with Crippen LogP contribution in [0.5, 0.6) is 0 Å². The minimum atomic E-state index is -0.654. The van der Waals surface area contributed by atoms with Crippen LogP contribution in [-0.2, 0) is 25.5 Å². The number of hydrogen-bond acceptors (Lipinski definition) is 7. The van der Waals surface area contributed by atoms with Gasteiger partial charge in [-0.3, -0.25) is 14.4 Å². The van der Waals surface area contributed by atoms with Crippen molar-refractivity contribution < 1.29 is 28.7 Å². The average Bonchev–Trinajstić information content (AvgIpc) is 3.67. The molecule has 6 rings (SSSR count). The van der Waals surface area contributed by atoms with E-state index >= 15 is 0 Å². The number of benzene rings is 3. The monoisotopic (exact) mass is 524 g/mol. The van der Waals surface area contributed by atoms with E-state index in [-0.39, 0.29) is 42.3 Å². The summed E-state index contributed by atoms with van der Waals surface area (Å²) in [6, 6.07) is 19.2. The van der Waals surface area contributed by atoms with Gasteiger partial charge in [-0.25, -0.2) is 9.69 Å². The molecule has 2 unspecified atom stereocenters. The van der Waals surface area contributed by atoms with Crippen molar-refractivity contribution in [1.82, 2.24) is 5.32 Å². The van der Waals surface area contributed by atoms with Crippen molar-refractivity contribution in [1.29, 1.82) is 0 Å². The molecular weight excluding hydrogens is 496 g/mol. The molecule has 2 atom stereocenters. The molecule has 198 valence electrons. The maximum Gasteiger partial charge on any atom is 0.338 e. The van der Waals surface area contributed by atoms with Gasteiger partial charge in [0.2, 0.25) is 5.91 Å². The predicted molar refractivity (Wildman–Crippen MR) is 144 cm³/mol. The zero-order valence-electron chi connectivity index (χ0n) is 21.4. The maximum absolute atomic E-state index is 12.9. The van der Waals surface area contributed by atoms with Crippen LogP contribution in [0.1, 0.15) is 51.1 Å². The van der Waals surface area contributed by atoms with Gasteiger partial charge < -0.3 is 14.8 Å². The summed E-state index contributed by atoms with van der Waals surface area (Å²) in [4.78, 5) is 51.9. The predicted octanol–water partition coefficient (Wildman–Crippen LogP) is 3.70. The number of nitrogens with zero attached hydrogens (tertiary/aromatic N) is 1. The Morgan fingerprint density at radius 3 is 2.51 bits per heavy atom. The smallest absolute Gasteiger partial charge is 0.338 e. The summed E-state index contributed by atoms with van der Waals surface area (Å²) >= 11 is 0. The van der Waals surface area contributed by atoms with E-state index in [0.717, 1.165) is 41.9 Å². The van der Waals surface area contributed by atoms with Gasteiger partial charge in [0, 0.05) is 18.7 Å². The largest absolute Gasteiger partial charge is 0.454 e. The molecule has 2 heterocycles. The Morgan fingerprint density at radius 1 is 0.949 bits per heavy atom. The van der Waals surface area contributed by atoms with Crippen LogP contribution in [0, 0.1) is 0 Å². The Labute approximate surface area is 225 Å². The topological polar surface area (TPSA) is 102 Å². The van der Waals surface area contributed by atoms with Gasteiger partial charge >= 0.3 is 5.97 Å². The molecule has 3 aliphatic rings. The highest BCUT2D eigenvalue weighted by Gasteiger charge is 2.39. The normalized spacial score (nSPS) is 19.7. The number of carbonyl (C=O) groups excluding carboxylic acids is 4. The van der Waals surface area contributed by atoms with Crippen LogP contribution in [0.2, 0.25) is 0 Å². The summed E-state index contributed by atoms with van der Waals surface area (Å²) in [7, 11) is 0. The molecule has 0 spiro atoms. The summed E-state index contributed by atoms with van der Waals surface area (Å²) < 4.78 is 10.8. The molecule has 2 amide bonds. The third-order valence-electron chi connectivity index (χ3n) is 7.57. The molecule has 3 aromatic rings. The summed E-state index contributed by atoms with van der Waals surface area (Å²) in [5, 5.41) is 3.15. The first-order valence-electron chi connectivity index (χ1n) is 13.2. The van der Waals surface area contributed by atoms with Gasteiger partial charge in [-0.1, -0.05) is 36.4 Å². The molecule has 8 nitrogen and oxygen atoms in total. The SMILES string of the molecule is O=C(COC(=O)c1ccc(N2C(=O)CC(NCC3CCCO3)C2=O)cc1)c1ccc2c(c1)Cc1ccccc1-2. The first kappa shape index (κ1) is 25.2. The quantitative estimate of drug-likeness (QED) is 0.213. The number of ketones is 1. The second kappa shape index (κ2) is 10.6. The number of amides is 2. The van der Waals surface area contributed by atoms with Crippen LogP contribution < -0.4 is 10.2 Å². The van der Waals surface area contributed by atoms with E-state index < -0.39 is 12.0 Å². The van der Waals surface area contributed by atoms with Gasteiger partial charge in [0.15, 0.2) is 12.4 Å². The lowest BCUT2D eigenvalue weighted by molar-refractivity contribution is -0.121. The molecule has 0 aromatic heterocycles. The highest BCUT2D eigenvalue weighted by Crippen LogP contribution is 2.36. The second-order valence-electron chi connectivity index (χ2n) is 10.1.